The molecule has 6 heteroatoms. The van der Waals surface area contributed by atoms with Crippen molar-refractivity contribution < 1.29 is 14.1 Å². The van der Waals surface area contributed by atoms with Gasteiger partial charge in [0.1, 0.15) is 5.75 Å². The van der Waals surface area contributed by atoms with Crippen molar-refractivity contribution in [3.05, 3.63) is 71.9 Å². The Hall–Kier alpha value is -3.12. The fourth-order valence-electron chi connectivity index (χ4n) is 5.74. The number of carbonyl (C=O) groups is 1. The van der Waals surface area contributed by atoms with Gasteiger partial charge in [0.25, 0.3) is 0 Å². The molecule has 2 unspecified atom stereocenters. The summed E-state index contributed by atoms with van der Waals surface area (Å²) >= 11 is 0. The Morgan fingerprint density at radius 1 is 1.03 bits per heavy atom. The fourth-order valence-corrected chi connectivity index (χ4v) is 5.74. The van der Waals surface area contributed by atoms with Crippen LogP contribution in [0.3, 0.4) is 0 Å². The predicted octanol–water partition coefficient (Wildman–Crippen LogP) is 4.99. The van der Waals surface area contributed by atoms with Gasteiger partial charge in [0.05, 0.1) is 12.8 Å². The number of likely N-dealkylation sites (tertiary alicyclic amines) is 1. The minimum Gasteiger partial charge on any atom is -0.497 e. The van der Waals surface area contributed by atoms with Gasteiger partial charge in [-0.1, -0.05) is 35.5 Å². The summed E-state index contributed by atoms with van der Waals surface area (Å²) in [7, 11) is 1.66. The zero-order valence-corrected chi connectivity index (χ0v) is 21.2. The van der Waals surface area contributed by atoms with Crippen molar-refractivity contribution in [3.8, 4) is 17.1 Å². The normalized spacial score (nSPS) is 20.9. The van der Waals surface area contributed by atoms with Gasteiger partial charge in [0.15, 0.2) is 5.76 Å². The molecule has 3 heterocycles. The second kappa shape index (κ2) is 11.7. The predicted molar refractivity (Wildman–Crippen MR) is 141 cm³/mol. The third-order valence-electron chi connectivity index (χ3n) is 7.94. The van der Waals surface area contributed by atoms with E-state index in [2.05, 4.69) is 45.7 Å². The maximum Gasteiger partial charge on any atom is 0.222 e. The summed E-state index contributed by atoms with van der Waals surface area (Å²) in [6, 6.07) is 20.6. The van der Waals surface area contributed by atoms with Gasteiger partial charge in [0.2, 0.25) is 5.91 Å². The van der Waals surface area contributed by atoms with Crippen LogP contribution in [0.1, 0.15) is 36.9 Å². The SMILES string of the molecule is COc1ccc(-c2cc(CC3CNCCC3CC(=O)N3CCC(Cc4ccccc4)CC3)no2)cc1. The van der Waals surface area contributed by atoms with Crippen LogP contribution in [0.4, 0.5) is 0 Å². The van der Waals surface area contributed by atoms with E-state index < -0.39 is 0 Å². The van der Waals surface area contributed by atoms with Gasteiger partial charge in [-0.15, -0.1) is 0 Å². The number of rotatable bonds is 8. The number of ether oxygens (including phenoxy) is 1. The van der Waals surface area contributed by atoms with Gasteiger partial charge >= 0.3 is 0 Å². The average molecular weight is 488 g/mol. The van der Waals surface area contributed by atoms with E-state index in [-0.39, 0.29) is 0 Å². The zero-order chi connectivity index (χ0) is 24.7. The molecule has 1 amide bonds. The summed E-state index contributed by atoms with van der Waals surface area (Å²) in [5, 5.41) is 7.87. The number of aromatic nitrogens is 1. The maximum absolute atomic E-state index is 13.2. The second-order valence-electron chi connectivity index (χ2n) is 10.3. The van der Waals surface area contributed by atoms with Crippen LogP contribution in [0.5, 0.6) is 5.75 Å². The number of carbonyl (C=O) groups excluding carboxylic acids is 1. The standard InChI is InChI=1S/C30H37N3O3/c1-35-28-9-7-24(8-10-28)29-20-27(32-36-29)18-26-21-31-14-11-25(26)19-30(34)33-15-12-23(13-16-33)17-22-5-3-2-4-6-22/h2-10,20,23,25-26,31H,11-19,21H2,1H3. The molecule has 5 rings (SSSR count). The van der Waals surface area contributed by atoms with Crippen molar-refractivity contribution in [3.63, 3.8) is 0 Å². The van der Waals surface area contributed by atoms with Crippen molar-refractivity contribution >= 4 is 5.91 Å². The first-order chi connectivity index (χ1) is 17.7. The van der Waals surface area contributed by atoms with Gasteiger partial charge in [0, 0.05) is 31.1 Å². The number of methoxy groups -OCH3 is 1. The molecule has 3 aromatic rings. The molecule has 190 valence electrons. The maximum atomic E-state index is 13.2. The van der Waals surface area contributed by atoms with Crippen LogP contribution < -0.4 is 10.1 Å². The van der Waals surface area contributed by atoms with Crippen molar-refractivity contribution in [2.75, 3.05) is 33.3 Å². The fraction of sp³-hybridized carbons (Fsp3) is 0.467. The average Bonchev–Trinajstić information content (AvgIpc) is 3.39. The molecule has 1 N–H and O–H groups in total. The number of hydrogen-bond acceptors (Lipinski definition) is 5. The van der Waals surface area contributed by atoms with Gasteiger partial charge in [-0.3, -0.25) is 4.79 Å². The molecule has 0 spiro atoms. The van der Waals surface area contributed by atoms with Gasteiger partial charge < -0.3 is 19.5 Å². The first kappa shape index (κ1) is 24.6. The molecule has 0 bridgehead atoms. The van der Waals surface area contributed by atoms with Crippen LogP contribution in [-0.2, 0) is 17.6 Å². The summed E-state index contributed by atoms with van der Waals surface area (Å²) in [4.78, 5) is 15.3. The highest BCUT2D eigenvalue weighted by molar-refractivity contribution is 5.76. The number of nitrogens with one attached hydrogen (secondary N) is 1. The number of nitrogens with zero attached hydrogens (tertiary/aromatic N) is 2. The quantitative estimate of drug-likeness (QED) is 0.485. The molecule has 2 fully saturated rings. The first-order valence-electron chi connectivity index (χ1n) is 13.3. The Morgan fingerprint density at radius 3 is 2.56 bits per heavy atom. The van der Waals surface area contributed by atoms with E-state index >= 15 is 0 Å². The third kappa shape index (κ3) is 6.16. The van der Waals surface area contributed by atoms with Gasteiger partial charge in [-0.25, -0.2) is 0 Å². The minimum absolute atomic E-state index is 0.323. The van der Waals surface area contributed by atoms with Crippen LogP contribution in [-0.4, -0.2) is 49.3 Å². The summed E-state index contributed by atoms with van der Waals surface area (Å²) in [5.41, 5.74) is 3.34. The molecule has 2 saturated heterocycles. The van der Waals surface area contributed by atoms with Crippen LogP contribution in [0.25, 0.3) is 11.3 Å². The van der Waals surface area contributed by atoms with Crippen LogP contribution in [0.15, 0.2) is 65.2 Å². The zero-order valence-electron chi connectivity index (χ0n) is 21.2. The minimum atomic E-state index is 0.323. The first-order valence-corrected chi connectivity index (χ1v) is 13.3. The molecule has 36 heavy (non-hydrogen) atoms. The largest absolute Gasteiger partial charge is 0.497 e. The summed E-state index contributed by atoms with van der Waals surface area (Å²) in [6.45, 7) is 3.67. The smallest absolute Gasteiger partial charge is 0.222 e. The Kier molecular flexibility index (Phi) is 8.01. The van der Waals surface area contributed by atoms with Crippen LogP contribution in [0, 0.1) is 17.8 Å². The Balaban J connectivity index is 1.14. The summed E-state index contributed by atoms with van der Waals surface area (Å²) < 4.78 is 10.9. The molecule has 2 atom stereocenters. The molecular weight excluding hydrogens is 450 g/mol. The highest BCUT2D eigenvalue weighted by Crippen LogP contribution is 2.30. The molecule has 2 aromatic carbocycles. The Morgan fingerprint density at radius 2 is 1.81 bits per heavy atom. The summed E-state index contributed by atoms with van der Waals surface area (Å²) in [6.07, 6.45) is 5.81. The lowest BCUT2D eigenvalue weighted by Crippen LogP contribution is -2.43. The van der Waals surface area contributed by atoms with Gasteiger partial charge in [-0.05, 0) is 92.8 Å². The molecule has 2 aliphatic rings. The highest BCUT2D eigenvalue weighted by atomic mass is 16.5. The lowest BCUT2D eigenvalue weighted by Gasteiger charge is -2.36. The summed E-state index contributed by atoms with van der Waals surface area (Å²) in [5.74, 6) is 3.34. The number of piperidine rings is 2. The van der Waals surface area contributed by atoms with Crippen molar-refractivity contribution in [2.24, 2.45) is 17.8 Å². The monoisotopic (exact) mass is 487 g/mol. The number of benzene rings is 2. The van der Waals surface area contributed by atoms with E-state index in [9.17, 15) is 4.79 Å². The molecular formula is C30H37N3O3. The van der Waals surface area contributed by atoms with E-state index in [4.69, 9.17) is 9.26 Å². The highest BCUT2D eigenvalue weighted by Gasteiger charge is 2.31. The lowest BCUT2D eigenvalue weighted by atomic mass is 9.80. The number of hydrogen-bond donors (Lipinski definition) is 1. The molecule has 1 aromatic heterocycles. The van der Waals surface area contributed by atoms with E-state index in [1.807, 2.05) is 30.3 Å². The van der Waals surface area contributed by atoms with Crippen LogP contribution in [0.2, 0.25) is 0 Å². The van der Waals surface area contributed by atoms with E-state index in [0.717, 1.165) is 81.1 Å². The molecule has 2 aliphatic heterocycles. The van der Waals surface area contributed by atoms with Gasteiger partial charge in [-0.2, -0.15) is 0 Å². The molecule has 6 nitrogen and oxygen atoms in total. The Labute approximate surface area is 214 Å². The number of amides is 1. The van der Waals surface area contributed by atoms with E-state index in [0.29, 0.717) is 30.1 Å². The van der Waals surface area contributed by atoms with E-state index in [1.165, 1.54) is 5.56 Å². The van der Waals surface area contributed by atoms with Crippen molar-refractivity contribution in [1.82, 2.24) is 15.4 Å². The van der Waals surface area contributed by atoms with Crippen molar-refractivity contribution in [2.45, 2.75) is 38.5 Å². The molecule has 0 aliphatic carbocycles. The molecule has 0 radical (unpaired) electrons. The molecule has 0 saturated carbocycles. The van der Waals surface area contributed by atoms with Crippen LogP contribution >= 0.6 is 0 Å². The lowest BCUT2D eigenvalue weighted by molar-refractivity contribution is -0.134. The Bertz CT molecular complexity index is 1100. The van der Waals surface area contributed by atoms with Crippen molar-refractivity contribution in [1.29, 1.82) is 0 Å². The topological polar surface area (TPSA) is 67.6 Å². The second-order valence-corrected chi connectivity index (χ2v) is 10.3. The third-order valence-corrected chi connectivity index (χ3v) is 7.94. The van der Waals surface area contributed by atoms with E-state index in [1.54, 1.807) is 7.11 Å².